The summed E-state index contributed by atoms with van der Waals surface area (Å²) in [5.41, 5.74) is 2.00. The zero-order valence-corrected chi connectivity index (χ0v) is 14.2. The van der Waals surface area contributed by atoms with Crippen LogP contribution in [0, 0.1) is 5.92 Å². The zero-order valence-electron chi connectivity index (χ0n) is 14.2. The van der Waals surface area contributed by atoms with Crippen molar-refractivity contribution in [3.05, 3.63) is 72.3 Å². The molecule has 2 amide bonds. The molecule has 3 rings (SSSR count). The largest absolute Gasteiger partial charge is 0.326 e. The molecule has 126 valence electrons. The third-order valence-electron chi connectivity index (χ3n) is 3.98. The molecule has 0 aromatic heterocycles. The van der Waals surface area contributed by atoms with Crippen LogP contribution in [0.1, 0.15) is 24.2 Å². The Kier molecular flexibility index (Phi) is 4.80. The molecule has 3 aromatic rings. The minimum Gasteiger partial charge on any atom is -0.326 e. The Labute approximate surface area is 146 Å². The number of nitrogens with one attached hydrogen (secondary N) is 2. The summed E-state index contributed by atoms with van der Waals surface area (Å²) < 4.78 is 0. The summed E-state index contributed by atoms with van der Waals surface area (Å²) in [5, 5.41) is 7.84. The monoisotopic (exact) mass is 332 g/mol. The first-order valence-electron chi connectivity index (χ1n) is 8.24. The highest BCUT2D eigenvalue weighted by atomic mass is 16.2. The molecule has 2 N–H and O–H groups in total. The van der Waals surface area contributed by atoms with E-state index in [-0.39, 0.29) is 17.7 Å². The van der Waals surface area contributed by atoms with Crippen LogP contribution < -0.4 is 10.6 Å². The van der Waals surface area contributed by atoms with Crippen molar-refractivity contribution in [2.75, 3.05) is 10.6 Å². The van der Waals surface area contributed by atoms with Gasteiger partial charge in [0.1, 0.15) is 0 Å². The number of carbonyl (C=O) groups is 2. The highest BCUT2D eigenvalue weighted by Crippen LogP contribution is 2.23. The van der Waals surface area contributed by atoms with E-state index in [0.717, 1.165) is 16.5 Å². The van der Waals surface area contributed by atoms with Crippen molar-refractivity contribution in [2.24, 2.45) is 5.92 Å². The van der Waals surface area contributed by atoms with Gasteiger partial charge in [-0.25, -0.2) is 0 Å². The van der Waals surface area contributed by atoms with Gasteiger partial charge in [-0.1, -0.05) is 50.2 Å². The van der Waals surface area contributed by atoms with Gasteiger partial charge in [-0.2, -0.15) is 0 Å². The number of hydrogen-bond acceptors (Lipinski definition) is 2. The maximum Gasteiger partial charge on any atom is 0.255 e. The topological polar surface area (TPSA) is 58.2 Å². The van der Waals surface area contributed by atoms with Crippen LogP contribution in [0.5, 0.6) is 0 Å². The van der Waals surface area contributed by atoms with Crippen LogP contribution in [-0.4, -0.2) is 11.8 Å². The molecule has 0 radical (unpaired) electrons. The Bertz CT molecular complexity index is 909. The van der Waals surface area contributed by atoms with E-state index >= 15 is 0 Å². The third kappa shape index (κ3) is 3.86. The zero-order chi connectivity index (χ0) is 17.8. The number of amides is 2. The molecule has 0 spiro atoms. The van der Waals surface area contributed by atoms with Crippen LogP contribution in [0.2, 0.25) is 0 Å². The van der Waals surface area contributed by atoms with Crippen molar-refractivity contribution < 1.29 is 9.59 Å². The molecule has 0 unspecified atom stereocenters. The average Bonchev–Trinajstić information content (AvgIpc) is 2.62. The summed E-state index contributed by atoms with van der Waals surface area (Å²) in [6.07, 6.45) is 0. The van der Waals surface area contributed by atoms with Gasteiger partial charge in [-0.3, -0.25) is 9.59 Å². The summed E-state index contributed by atoms with van der Waals surface area (Å²) in [5.74, 6) is -0.319. The number of rotatable bonds is 4. The molecule has 4 heteroatoms. The lowest BCUT2D eigenvalue weighted by atomic mass is 10.1. The highest BCUT2D eigenvalue weighted by Gasteiger charge is 2.10. The maximum absolute atomic E-state index is 12.5. The number of carbonyl (C=O) groups excluding carboxylic acids is 2. The minimum atomic E-state index is -0.182. The smallest absolute Gasteiger partial charge is 0.255 e. The molecule has 0 fully saturated rings. The highest BCUT2D eigenvalue weighted by molar-refractivity contribution is 6.09. The van der Waals surface area contributed by atoms with Crippen LogP contribution in [0.25, 0.3) is 10.8 Å². The fourth-order valence-corrected chi connectivity index (χ4v) is 2.52. The molecule has 25 heavy (non-hydrogen) atoms. The maximum atomic E-state index is 12.5. The van der Waals surface area contributed by atoms with Gasteiger partial charge in [0.15, 0.2) is 0 Å². The second-order valence-corrected chi connectivity index (χ2v) is 6.20. The van der Waals surface area contributed by atoms with Crippen molar-refractivity contribution in [2.45, 2.75) is 13.8 Å². The number of fused-ring (bicyclic) bond motifs is 1. The number of benzene rings is 3. The molecule has 0 aliphatic carbocycles. The molecule has 0 aliphatic rings. The molecule has 0 aliphatic heterocycles. The molecule has 0 bridgehead atoms. The van der Waals surface area contributed by atoms with Gasteiger partial charge in [0.2, 0.25) is 5.91 Å². The van der Waals surface area contributed by atoms with E-state index in [9.17, 15) is 9.59 Å². The Morgan fingerprint density at radius 1 is 0.800 bits per heavy atom. The Hall–Kier alpha value is -3.14. The van der Waals surface area contributed by atoms with E-state index in [4.69, 9.17) is 0 Å². The van der Waals surface area contributed by atoms with E-state index in [1.807, 2.05) is 56.3 Å². The van der Waals surface area contributed by atoms with E-state index in [1.54, 1.807) is 24.3 Å². The van der Waals surface area contributed by atoms with Gasteiger partial charge in [-0.05, 0) is 35.7 Å². The van der Waals surface area contributed by atoms with Gasteiger partial charge < -0.3 is 10.6 Å². The lowest BCUT2D eigenvalue weighted by molar-refractivity contribution is -0.118. The normalized spacial score (nSPS) is 10.7. The van der Waals surface area contributed by atoms with E-state index < -0.39 is 0 Å². The second kappa shape index (κ2) is 7.18. The Morgan fingerprint density at radius 2 is 1.48 bits per heavy atom. The molecule has 0 atom stereocenters. The van der Waals surface area contributed by atoms with Gasteiger partial charge in [0, 0.05) is 28.2 Å². The van der Waals surface area contributed by atoms with Crippen LogP contribution >= 0.6 is 0 Å². The van der Waals surface area contributed by atoms with Crippen molar-refractivity contribution >= 4 is 34.0 Å². The van der Waals surface area contributed by atoms with Crippen molar-refractivity contribution in [1.29, 1.82) is 0 Å². The van der Waals surface area contributed by atoms with Gasteiger partial charge >= 0.3 is 0 Å². The predicted octanol–water partition coefficient (Wildman–Crippen LogP) is 4.69. The minimum absolute atomic E-state index is 0.0482. The summed E-state index contributed by atoms with van der Waals surface area (Å²) in [7, 11) is 0. The first-order valence-corrected chi connectivity index (χ1v) is 8.24. The van der Waals surface area contributed by atoms with Crippen LogP contribution in [0.15, 0.2) is 66.7 Å². The lowest BCUT2D eigenvalue weighted by Crippen LogP contribution is -2.18. The standard InChI is InChI=1S/C21H20N2O2/c1-14(2)20(24)22-17-12-10-16(11-13-17)21(25)23-19-9-5-7-15-6-3-4-8-18(15)19/h3-14H,1-2H3,(H,22,24)(H,23,25). The first kappa shape index (κ1) is 16.7. The van der Waals surface area contributed by atoms with Crippen molar-refractivity contribution in [3.63, 3.8) is 0 Å². The van der Waals surface area contributed by atoms with Crippen LogP contribution in [0.4, 0.5) is 11.4 Å². The van der Waals surface area contributed by atoms with Crippen LogP contribution in [-0.2, 0) is 4.79 Å². The van der Waals surface area contributed by atoms with E-state index in [0.29, 0.717) is 11.3 Å². The van der Waals surface area contributed by atoms with Crippen molar-refractivity contribution in [3.8, 4) is 0 Å². The lowest BCUT2D eigenvalue weighted by Gasteiger charge is -2.10. The Balaban J connectivity index is 1.76. The van der Waals surface area contributed by atoms with Gasteiger partial charge in [0.25, 0.3) is 5.91 Å². The molecule has 0 heterocycles. The summed E-state index contributed by atoms with van der Waals surface area (Å²) in [6.45, 7) is 3.67. The fraction of sp³-hybridized carbons (Fsp3) is 0.143. The summed E-state index contributed by atoms with van der Waals surface area (Å²) in [6, 6.07) is 20.6. The molecule has 0 saturated heterocycles. The molecular weight excluding hydrogens is 312 g/mol. The SMILES string of the molecule is CC(C)C(=O)Nc1ccc(C(=O)Nc2cccc3ccccc23)cc1. The quantitative estimate of drug-likeness (QED) is 0.728. The molecular formula is C21H20N2O2. The molecule has 4 nitrogen and oxygen atoms in total. The van der Waals surface area contributed by atoms with Crippen molar-refractivity contribution in [1.82, 2.24) is 0 Å². The molecule has 3 aromatic carbocycles. The predicted molar refractivity (Wildman–Crippen MR) is 102 cm³/mol. The molecule has 0 saturated carbocycles. The fourth-order valence-electron chi connectivity index (χ4n) is 2.52. The second-order valence-electron chi connectivity index (χ2n) is 6.20. The van der Waals surface area contributed by atoms with Crippen LogP contribution in [0.3, 0.4) is 0 Å². The van der Waals surface area contributed by atoms with Gasteiger partial charge in [-0.15, -0.1) is 0 Å². The average molecular weight is 332 g/mol. The van der Waals surface area contributed by atoms with Gasteiger partial charge in [0.05, 0.1) is 0 Å². The summed E-state index contributed by atoms with van der Waals surface area (Å²) in [4.78, 5) is 24.2. The number of hydrogen-bond donors (Lipinski definition) is 2. The first-order chi connectivity index (χ1) is 12.0. The van der Waals surface area contributed by atoms with E-state index in [2.05, 4.69) is 10.6 Å². The van der Waals surface area contributed by atoms with E-state index in [1.165, 1.54) is 0 Å². The summed E-state index contributed by atoms with van der Waals surface area (Å²) >= 11 is 0. The third-order valence-corrected chi connectivity index (χ3v) is 3.98. The number of anilines is 2. The Morgan fingerprint density at radius 3 is 2.20 bits per heavy atom.